The number of aliphatic hydroxyl groups is 1. The van der Waals surface area contributed by atoms with Crippen molar-refractivity contribution in [2.75, 3.05) is 6.61 Å². The Bertz CT molecular complexity index is 897. The molecule has 6 atom stereocenters. The Balaban J connectivity index is 1.47. The van der Waals surface area contributed by atoms with E-state index in [4.69, 9.17) is 18.5 Å². The van der Waals surface area contributed by atoms with Gasteiger partial charge in [-0.15, -0.1) is 0 Å². The van der Waals surface area contributed by atoms with Crippen molar-refractivity contribution in [2.45, 2.75) is 64.3 Å². The summed E-state index contributed by atoms with van der Waals surface area (Å²) in [5.74, 6) is -0.353. The Morgan fingerprint density at radius 2 is 2.17 bits per heavy atom. The quantitative estimate of drug-likeness (QED) is 0.320. The fourth-order valence-corrected chi connectivity index (χ4v) is 4.37. The predicted octanol–water partition coefficient (Wildman–Crippen LogP) is 0.338. The average molecular weight is 432 g/mol. The van der Waals surface area contributed by atoms with E-state index in [1.165, 1.54) is 6.20 Å². The Kier molecular flexibility index (Phi) is 6.45. The summed E-state index contributed by atoms with van der Waals surface area (Å²) in [5, 5.41) is 10.6. The second kappa shape index (κ2) is 8.53. The van der Waals surface area contributed by atoms with E-state index < -0.39 is 49.5 Å². The highest BCUT2D eigenvalue weighted by Crippen LogP contribution is 2.63. The Labute approximate surface area is 166 Å². The molecule has 2 unspecified atom stereocenters. The number of fused-ring (bicyclic) bond motifs is 1. The number of aromatic nitrogens is 2. The molecule has 2 fully saturated rings. The molecule has 1 aromatic heterocycles. The van der Waals surface area contributed by atoms with Crippen LogP contribution in [0.25, 0.3) is 0 Å². The number of nitrogens with one attached hydrogen (secondary N) is 1. The van der Waals surface area contributed by atoms with Crippen molar-refractivity contribution >= 4 is 14.2 Å². The first kappa shape index (κ1) is 21.9. The molecule has 1 aromatic rings. The molecule has 2 aliphatic rings. The van der Waals surface area contributed by atoms with Gasteiger partial charge in [-0.25, -0.2) is 4.79 Å². The van der Waals surface area contributed by atoms with Crippen molar-refractivity contribution in [3.63, 3.8) is 0 Å². The molecule has 0 spiro atoms. The number of rotatable bonds is 9. The number of esters is 1. The zero-order valence-electron chi connectivity index (χ0n) is 16.3. The molecule has 29 heavy (non-hydrogen) atoms. The summed E-state index contributed by atoms with van der Waals surface area (Å²) in [6.45, 7) is 5.27. The van der Waals surface area contributed by atoms with Crippen molar-refractivity contribution in [1.29, 1.82) is 0 Å². The fourth-order valence-electron chi connectivity index (χ4n) is 3.40. The van der Waals surface area contributed by atoms with Gasteiger partial charge in [0.05, 0.1) is 24.2 Å². The molecule has 162 valence electrons. The lowest BCUT2D eigenvalue weighted by Crippen LogP contribution is -2.39. The van der Waals surface area contributed by atoms with E-state index in [1.807, 2.05) is 0 Å². The maximum Gasteiger partial charge on any atom is 0.330 e. The summed E-state index contributed by atoms with van der Waals surface area (Å²) in [4.78, 5) is 36.6. The van der Waals surface area contributed by atoms with Gasteiger partial charge in [0.15, 0.2) is 6.23 Å². The standard InChI is InChI=1S/C17H25N2O9P/c1-9(2)26-11(21)5-4-8-25-29(24)28-14-13-17(14,3)12(22)15(27-13)19-7-6-10(20)18-16(19)23/h6-7,9,12-15,22,29H,4-5,8H2,1-3H3,(H,18,20,23)/t12-,13+,14?,15+,17+/m0/s1. The minimum Gasteiger partial charge on any atom is -0.463 e. The van der Waals surface area contributed by atoms with Gasteiger partial charge in [0, 0.05) is 18.7 Å². The lowest BCUT2D eigenvalue weighted by atomic mass is 10.0. The zero-order valence-corrected chi connectivity index (χ0v) is 17.3. The van der Waals surface area contributed by atoms with Crippen LogP contribution in [0.2, 0.25) is 0 Å². The highest BCUT2D eigenvalue weighted by atomic mass is 31.1. The number of nitrogens with zero attached hydrogens (tertiary/aromatic N) is 1. The third kappa shape index (κ3) is 4.54. The van der Waals surface area contributed by atoms with E-state index >= 15 is 0 Å². The van der Waals surface area contributed by atoms with Gasteiger partial charge >= 0.3 is 19.9 Å². The largest absolute Gasteiger partial charge is 0.463 e. The molecule has 0 bridgehead atoms. The van der Waals surface area contributed by atoms with Gasteiger partial charge in [0.1, 0.15) is 12.2 Å². The monoisotopic (exact) mass is 432 g/mol. The molecule has 1 aliphatic heterocycles. The Hall–Kier alpha value is -1.78. The van der Waals surface area contributed by atoms with E-state index in [0.717, 1.165) is 10.6 Å². The average Bonchev–Trinajstić information content (AvgIpc) is 3.08. The van der Waals surface area contributed by atoms with E-state index in [-0.39, 0.29) is 25.1 Å². The van der Waals surface area contributed by atoms with Crippen LogP contribution in [-0.2, 0) is 27.9 Å². The first-order valence-electron chi connectivity index (χ1n) is 9.32. The molecule has 0 aromatic carbocycles. The number of H-pyrrole nitrogens is 1. The maximum atomic E-state index is 12.0. The number of ether oxygens (including phenoxy) is 2. The van der Waals surface area contributed by atoms with Gasteiger partial charge in [-0.05, 0) is 20.3 Å². The second-order valence-corrected chi connectivity index (χ2v) is 8.58. The Morgan fingerprint density at radius 3 is 2.76 bits per heavy atom. The normalized spacial score (nSPS) is 31.5. The topological polar surface area (TPSA) is 146 Å². The molecule has 1 saturated heterocycles. The van der Waals surface area contributed by atoms with Crippen LogP contribution in [0.3, 0.4) is 0 Å². The number of hydrogen-bond acceptors (Lipinski definition) is 9. The highest BCUT2D eigenvalue weighted by molar-refractivity contribution is 7.33. The first-order valence-corrected chi connectivity index (χ1v) is 10.5. The molecule has 1 saturated carbocycles. The Morgan fingerprint density at radius 1 is 1.45 bits per heavy atom. The van der Waals surface area contributed by atoms with E-state index in [2.05, 4.69) is 4.98 Å². The van der Waals surface area contributed by atoms with Crippen molar-refractivity contribution in [3.8, 4) is 0 Å². The molecule has 3 rings (SSSR count). The predicted molar refractivity (Wildman–Crippen MR) is 99.6 cm³/mol. The number of hydrogen-bond donors (Lipinski definition) is 2. The number of aliphatic hydroxyl groups excluding tert-OH is 1. The first-order chi connectivity index (χ1) is 13.6. The minimum atomic E-state index is -2.85. The van der Waals surface area contributed by atoms with Crippen LogP contribution in [0.5, 0.6) is 0 Å². The van der Waals surface area contributed by atoms with Crippen molar-refractivity contribution in [1.82, 2.24) is 9.55 Å². The second-order valence-electron chi connectivity index (χ2n) is 7.55. The molecular formula is C17H25N2O9P. The van der Waals surface area contributed by atoms with Crippen molar-refractivity contribution < 1.29 is 33.0 Å². The van der Waals surface area contributed by atoms with Crippen LogP contribution in [-0.4, -0.2) is 51.6 Å². The van der Waals surface area contributed by atoms with Crippen LogP contribution >= 0.6 is 8.25 Å². The molecule has 1 aliphatic carbocycles. The van der Waals surface area contributed by atoms with Crippen molar-refractivity contribution in [2.24, 2.45) is 5.41 Å². The summed E-state index contributed by atoms with van der Waals surface area (Å²) in [6, 6.07) is 1.15. The van der Waals surface area contributed by atoms with Crippen LogP contribution in [0, 0.1) is 5.41 Å². The molecule has 12 heteroatoms. The SMILES string of the molecule is CC(C)OC(=O)CCCO[PH](=O)OC1[C@H]2O[C@@H](n3ccc(=O)[nH]c3=O)[C@H](O)[C@@]12C. The van der Waals surface area contributed by atoms with E-state index in [0.29, 0.717) is 6.42 Å². The number of aromatic amines is 1. The molecule has 11 nitrogen and oxygen atoms in total. The highest BCUT2D eigenvalue weighted by Gasteiger charge is 2.75. The molecular weight excluding hydrogens is 407 g/mol. The fraction of sp³-hybridized carbons (Fsp3) is 0.706. The van der Waals surface area contributed by atoms with Crippen molar-refractivity contribution in [3.05, 3.63) is 33.1 Å². The summed E-state index contributed by atoms with van der Waals surface area (Å²) >= 11 is 0. The van der Waals surface area contributed by atoms with E-state index in [1.54, 1.807) is 20.8 Å². The maximum absolute atomic E-state index is 12.0. The lowest BCUT2D eigenvalue weighted by Gasteiger charge is -2.24. The van der Waals surface area contributed by atoms with Gasteiger partial charge in [0.25, 0.3) is 5.56 Å². The van der Waals surface area contributed by atoms with Gasteiger partial charge in [0.2, 0.25) is 0 Å². The van der Waals surface area contributed by atoms with Crippen LogP contribution in [0.15, 0.2) is 21.9 Å². The van der Waals surface area contributed by atoms with E-state index in [9.17, 15) is 24.1 Å². The van der Waals surface area contributed by atoms with Gasteiger partial charge in [-0.2, -0.15) is 0 Å². The lowest BCUT2D eigenvalue weighted by molar-refractivity contribution is -0.147. The summed E-state index contributed by atoms with van der Waals surface area (Å²) < 4.78 is 34.3. The van der Waals surface area contributed by atoms with Crippen LogP contribution in [0.4, 0.5) is 0 Å². The summed E-state index contributed by atoms with van der Waals surface area (Å²) in [7, 11) is -2.85. The number of carbonyl (C=O) groups excluding carboxylic acids is 1. The van der Waals surface area contributed by atoms with Gasteiger partial charge in [-0.3, -0.25) is 23.7 Å². The molecule has 0 amide bonds. The zero-order chi connectivity index (χ0) is 21.3. The van der Waals surface area contributed by atoms with Crippen LogP contribution < -0.4 is 11.2 Å². The third-order valence-corrected chi connectivity index (χ3v) is 5.93. The minimum absolute atomic E-state index is 0.0674. The van der Waals surface area contributed by atoms with Gasteiger partial charge in [-0.1, -0.05) is 6.92 Å². The molecule has 0 radical (unpaired) electrons. The van der Waals surface area contributed by atoms with Crippen LogP contribution in [0.1, 0.15) is 39.8 Å². The molecule has 2 N–H and O–H groups in total. The number of carbonyl (C=O) groups is 1. The smallest absolute Gasteiger partial charge is 0.330 e. The third-order valence-electron chi connectivity index (χ3n) is 5.05. The molecule has 2 heterocycles. The van der Waals surface area contributed by atoms with Gasteiger partial charge < -0.3 is 23.6 Å². The summed E-state index contributed by atoms with van der Waals surface area (Å²) in [6.07, 6.45) is -1.77. The summed E-state index contributed by atoms with van der Waals surface area (Å²) in [5.41, 5.74) is -2.10.